The van der Waals surface area contributed by atoms with Gasteiger partial charge in [-0.2, -0.15) is 18.3 Å². The van der Waals surface area contributed by atoms with E-state index in [4.69, 9.17) is 32.5 Å². The fraction of sp³-hybridized carbons (Fsp3) is 0.414. The molecule has 0 saturated heterocycles. The van der Waals surface area contributed by atoms with Crippen molar-refractivity contribution < 1.29 is 36.5 Å². The molecule has 5 N–H and O–H groups in total. The molecule has 2 aromatic carbocycles. The number of benzene rings is 2. The van der Waals surface area contributed by atoms with Crippen LogP contribution in [0.5, 0.6) is 0 Å². The Balaban J connectivity index is 1.71. The first kappa shape index (κ1) is 33.5. The molecule has 0 radical (unpaired) electrons. The van der Waals surface area contributed by atoms with Gasteiger partial charge in [-0.15, -0.1) is 0 Å². The third-order valence-corrected chi connectivity index (χ3v) is 7.09. The Hall–Kier alpha value is -3.43. The predicted octanol–water partition coefficient (Wildman–Crippen LogP) is 5.21. The van der Waals surface area contributed by atoms with Crippen molar-refractivity contribution in [2.45, 2.75) is 57.2 Å². The van der Waals surface area contributed by atoms with Crippen molar-refractivity contribution in [2.24, 2.45) is 16.5 Å². The molecule has 238 valence electrons. The maximum absolute atomic E-state index is 14.5. The summed E-state index contributed by atoms with van der Waals surface area (Å²) in [5, 5.41) is 15.1. The average Bonchev–Trinajstić information content (AvgIpc) is 3.76. The average molecular weight is 643 g/mol. The zero-order valence-corrected chi connectivity index (χ0v) is 24.6. The molecule has 0 bridgehead atoms. The summed E-state index contributed by atoms with van der Waals surface area (Å²) in [5.74, 6) is -2.43. The molecule has 1 aliphatic carbocycles. The van der Waals surface area contributed by atoms with Crippen LogP contribution in [0.2, 0.25) is 5.02 Å². The van der Waals surface area contributed by atoms with Gasteiger partial charge in [-0.25, -0.2) is 18.4 Å². The Morgan fingerprint density at radius 3 is 2.59 bits per heavy atom. The van der Waals surface area contributed by atoms with E-state index in [-0.39, 0.29) is 41.0 Å². The van der Waals surface area contributed by atoms with Gasteiger partial charge in [0.05, 0.1) is 29.4 Å². The van der Waals surface area contributed by atoms with Crippen molar-refractivity contribution >= 4 is 23.4 Å². The third-order valence-electron chi connectivity index (χ3n) is 6.80. The Morgan fingerprint density at radius 2 is 1.95 bits per heavy atom. The summed E-state index contributed by atoms with van der Waals surface area (Å²) < 4.78 is 83.1. The van der Waals surface area contributed by atoms with Crippen LogP contribution in [-0.4, -0.2) is 58.2 Å². The summed E-state index contributed by atoms with van der Waals surface area (Å²) in [6.07, 6.45) is -5.03. The fourth-order valence-corrected chi connectivity index (χ4v) is 4.66. The van der Waals surface area contributed by atoms with Crippen LogP contribution < -0.4 is 11.5 Å². The van der Waals surface area contributed by atoms with Gasteiger partial charge in [0.1, 0.15) is 24.3 Å². The molecule has 1 aliphatic rings. The van der Waals surface area contributed by atoms with Crippen LogP contribution in [0.25, 0.3) is 11.3 Å². The van der Waals surface area contributed by atoms with Crippen molar-refractivity contribution in [3.63, 3.8) is 0 Å². The highest BCUT2D eigenvalue weighted by molar-refractivity contribution is 6.30. The summed E-state index contributed by atoms with van der Waals surface area (Å²) >= 11 is 5.63. The van der Waals surface area contributed by atoms with Gasteiger partial charge in [0, 0.05) is 30.2 Å². The molecule has 9 nitrogen and oxygen atoms in total. The number of hydrogen-bond donors (Lipinski definition) is 3. The van der Waals surface area contributed by atoms with E-state index in [0.29, 0.717) is 6.61 Å². The molecule has 0 amide bonds. The number of hydrogen-bond acceptors (Lipinski definition) is 8. The van der Waals surface area contributed by atoms with Gasteiger partial charge < -0.3 is 26.0 Å². The van der Waals surface area contributed by atoms with Crippen LogP contribution >= 0.6 is 11.6 Å². The minimum absolute atomic E-state index is 0.0264. The molecule has 3 aromatic rings. The van der Waals surface area contributed by atoms with Crippen LogP contribution in [0, 0.1) is 18.6 Å². The van der Waals surface area contributed by atoms with E-state index < -0.39 is 53.4 Å². The Bertz CT molecular complexity index is 1530. The highest BCUT2D eigenvalue weighted by Gasteiger charge is 2.38. The summed E-state index contributed by atoms with van der Waals surface area (Å²) in [6, 6.07) is 6.22. The maximum Gasteiger partial charge on any atom is 0.418 e. The van der Waals surface area contributed by atoms with Gasteiger partial charge in [0.15, 0.2) is 17.5 Å². The van der Waals surface area contributed by atoms with E-state index >= 15 is 0 Å². The number of ether oxygens (including phenoxy) is 2. The van der Waals surface area contributed by atoms with Gasteiger partial charge in [-0.1, -0.05) is 17.7 Å². The molecule has 0 spiro atoms. The molecule has 1 aromatic heterocycles. The van der Waals surface area contributed by atoms with E-state index in [0.717, 1.165) is 47.6 Å². The van der Waals surface area contributed by atoms with E-state index in [1.807, 2.05) is 0 Å². The zero-order valence-electron chi connectivity index (χ0n) is 23.9. The molecule has 1 heterocycles. The van der Waals surface area contributed by atoms with Crippen molar-refractivity contribution in [2.75, 3.05) is 19.8 Å². The smallest absolute Gasteiger partial charge is 0.404 e. The number of aromatic nitrogens is 3. The lowest BCUT2D eigenvalue weighted by molar-refractivity contribution is -0.137. The molecule has 3 atom stereocenters. The summed E-state index contributed by atoms with van der Waals surface area (Å²) in [6.45, 7) is 3.00. The zero-order chi connectivity index (χ0) is 32.2. The van der Waals surface area contributed by atoms with E-state index in [1.54, 1.807) is 6.92 Å². The van der Waals surface area contributed by atoms with Crippen molar-refractivity contribution in [1.82, 2.24) is 14.8 Å². The highest BCUT2D eigenvalue weighted by atomic mass is 35.5. The lowest BCUT2D eigenvalue weighted by Crippen LogP contribution is -2.37. The number of nitrogens with two attached hydrogens (primary N) is 2. The Morgan fingerprint density at radius 1 is 1.23 bits per heavy atom. The quantitative estimate of drug-likeness (QED) is 0.101. The molecule has 15 heteroatoms. The largest absolute Gasteiger partial charge is 0.418 e. The Kier molecular flexibility index (Phi) is 10.7. The van der Waals surface area contributed by atoms with Crippen molar-refractivity contribution in [3.8, 4) is 5.69 Å². The van der Waals surface area contributed by atoms with Crippen molar-refractivity contribution in [1.29, 1.82) is 0 Å². The van der Waals surface area contributed by atoms with Gasteiger partial charge in [-0.3, -0.25) is 4.99 Å². The van der Waals surface area contributed by atoms with Gasteiger partial charge in [0.25, 0.3) is 0 Å². The standard InChI is InChI=1S/C29H32ClF5N6O3/c1-3-43-14-24(37)44-27(23(42)13-38-12-18(11-36)19-7-9-21(30)26(32)25(19)31)28-39-15(2)40-41(28)22-10-17(16-4-5-16)6-8-20(22)29(33,34)35/h6-12,16,23-24,27,42H,3-5,13-14,36-37H2,1-2H3/b18-11+,38-12?/t23-,24?,27?/m0/s1. The molecule has 1 fully saturated rings. The van der Waals surface area contributed by atoms with E-state index in [9.17, 15) is 27.1 Å². The number of rotatable bonds is 13. The second kappa shape index (κ2) is 14.1. The first-order valence-electron chi connectivity index (χ1n) is 13.7. The SMILES string of the molecule is CCOCC(N)OC(c1nc(C)nn1-c1cc(C2CC2)ccc1C(F)(F)F)[C@@H](O)CN=C/C(=C\N)c1ccc(Cl)c(F)c1F. The van der Waals surface area contributed by atoms with Gasteiger partial charge in [-0.05, 0) is 62.4 Å². The first-order valence-corrected chi connectivity index (χ1v) is 14.1. The molecule has 44 heavy (non-hydrogen) atoms. The number of halogens is 6. The third kappa shape index (κ3) is 7.80. The number of allylic oxidation sites excluding steroid dienone is 1. The fourth-order valence-electron chi connectivity index (χ4n) is 4.52. The number of alkyl halides is 3. The first-order chi connectivity index (χ1) is 20.8. The second-order valence-electron chi connectivity index (χ2n) is 10.1. The number of aliphatic hydroxyl groups is 1. The predicted molar refractivity (Wildman–Crippen MR) is 154 cm³/mol. The number of aryl methyl sites for hydroxylation is 1. The van der Waals surface area contributed by atoms with E-state index in [1.165, 1.54) is 25.1 Å². The maximum atomic E-state index is 14.5. The van der Waals surface area contributed by atoms with Gasteiger partial charge in [0.2, 0.25) is 0 Å². The van der Waals surface area contributed by atoms with Gasteiger partial charge >= 0.3 is 6.18 Å². The van der Waals surface area contributed by atoms with Crippen molar-refractivity contribution in [3.05, 3.63) is 81.5 Å². The Labute approximate surface area is 255 Å². The van der Waals surface area contributed by atoms with Crippen LogP contribution in [0.1, 0.15) is 60.1 Å². The number of aliphatic hydroxyl groups excluding tert-OH is 1. The number of aliphatic imine (C=N–C) groups is 1. The summed E-state index contributed by atoms with van der Waals surface area (Å²) in [4.78, 5) is 8.41. The van der Waals surface area contributed by atoms with Crippen LogP contribution in [0.3, 0.4) is 0 Å². The van der Waals surface area contributed by atoms with Crippen LogP contribution in [-0.2, 0) is 15.7 Å². The highest BCUT2D eigenvalue weighted by Crippen LogP contribution is 2.43. The summed E-state index contributed by atoms with van der Waals surface area (Å²) in [5.41, 5.74) is 10.9. The summed E-state index contributed by atoms with van der Waals surface area (Å²) in [7, 11) is 0. The molecule has 4 rings (SSSR count). The lowest BCUT2D eigenvalue weighted by Gasteiger charge is -2.26. The minimum Gasteiger partial charge on any atom is -0.404 e. The molecular formula is C29H32ClF5N6O3. The minimum atomic E-state index is -4.72. The normalized spacial score (nSPS) is 16.5. The molecular weight excluding hydrogens is 611 g/mol. The lowest BCUT2D eigenvalue weighted by atomic mass is 10.0. The second-order valence-corrected chi connectivity index (χ2v) is 10.5. The molecule has 2 unspecified atom stereocenters. The topological polar surface area (TPSA) is 134 Å². The van der Waals surface area contributed by atoms with E-state index in [2.05, 4.69) is 15.1 Å². The number of nitrogens with zero attached hydrogens (tertiary/aromatic N) is 4. The van der Waals surface area contributed by atoms with Crippen LogP contribution in [0.4, 0.5) is 22.0 Å². The molecule has 1 saturated carbocycles. The van der Waals surface area contributed by atoms with Crippen LogP contribution in [0.15, 0.2) is 41.5 Å². The molecule has 0 aliphatic heterocycles. The monoisotopic (exact) mass is 642 g/mol.